The zero-order chi connectivity index (χ0) is 20.6. The van der Waals surface area contributed by atoms with Crippen LogP contribution in [0.15, 0.2) is 46.8 Å². The second-order valence-electron chi connectivity index (χ2n) is 7.00. The maximum absolute atomic E-state index is 12.4. The van der Waals surface area contributed by atoms with Crippen LogP contribution in [0.1, 0.15) is 45.4 Å². The first kappa shape index (κ1) is 21.0. The Hall–Kier alpha value is -2.67. The summed E-state index contributed by atoms with van der Waals surface area (Å²) in [4.78, 5) is 34.3. The fourth-order valence-corrected chi connectivity index (χ4v) is 4.02. The Bertz CT molecular complexity index is 828. The van der Waals surface area contributed by atoms with Crippen LogP contribution < -0.4 is 5.32 Å². The number of amides is 2. The van der Waals surface area contributed by atoms with E-state index in [1.807, 2.05) is 7.05 Å². The van der Waals surface area contributed by atoms with Gasteiger partial charge in [-0.25, -0.2) is 0 Å². The Morgan fingerprint density at radius 2 is 1.83 bits per heavy atom. The average molecular weight is 413 g/mol. The molecule has 2 amide bonds. The molecule has 0 unspecified atom stereocenters. The average Bonchev–Trinajstić information content (AvgIpc) is 3.34. The molecule has 0 fully saturated rings. The SMILES string of the molecule is CCNC(=NCCCCN1C(=O)c2ccccc2C1=O)N(C)CCc1cccs1. The highest BCUT2D eigenvalue weighted by atomic mass is 32.1. The molecule has 0 bridgehead atoms. The van der Waals surface area contributed by atoms with Gasteiger partial charge in [0.1, 0.15) is 0 Å². The predicted octanol–water partition coefficient (Wildman–Crippen LogP) is 3.26. The molecule has 0 aliphatic carbocycles. The maximum Gasteiger partial charge on any atom is 0.261 e. The van der Waals surface area contributed by atoms with Crippen molar-refractivity contribution in [3.63, 3.8) is 0 Å². The second kappa shape index (κ2) is 10.2. The predicted molar refractivity (Wildman–Crippen MR) is 118 cm³/mol. The first-order chi connectivity index (χ1) is 14.1. The van der Waals surface area contributed by atoms with Crippen molar-refractivity contribution in [2.75, 3.05) is 33.2 Å². The molecule has 1 N–H and O–H groups in total. The monoisotopic (exact) mass is 412 g/mol. The molecule has 29 heavy (non-hydrogen) atoms. The van der Waals surface area contributed by atoms with Gasteiger partial charge in [0.15, 0.2) is 5.96 Å². The van der Waals surface area contributed by atoms with Gasteiger partial charge in [-0.05, 0) is 49.8 Å². The van der Waals surface area contributed by atoms with Crippen molar-refractivity contribution in [1.82, 2.24) is 15.1 Å². The number of carbonyl (C=O) groups excluding carboxylic acids is 2. The van der Waals surface area contributed by atoms with E-state index in [0.29, 0.717) is 24.2 Å². The number of hydrogen-bond donors (Lipinski definition) is 1. The number of carbonyl (C=O) groups is 2. The third-order valence-electron chi connectivity index (χ3n) is 4.90. The Labute approximate surface area is 176 Å². The van der Waals surface area contributed by atoms with Gasteiger partial charge in [-0.2, -0.15) is 0 Å². The lowest BCUT2D eigenvalue weighted by atomic mass is 10.1. The Morgan fingerprint density at radius 1 is 1.10 bits per heavy atom. The van der Waals surface area contributed by atoms with Crippen LogP contribution in [0.4, 0.5) is 0 Å². The van der Waals surface area contributed by atoms with Crippen molar-refractivity contribution in [2.45, 2.75) is 26.2 Å². The van der Waals surface area contributed by atoms with Gasteiger partial charge in [0.05, 0.1) is 11.1 Å². The quantitative estimate of drug-likeness (QED) is 0.297. The number of rotatable bonds is 9. The van der Waals surface area contributed by atoms with Gasteiger partial charge in [0, 0.05) is 38.1 Å². The number of imide groups is 1. The minimum atomic E-state index is -0.184. The van der Waals surface area contributed by atoms with E-state index < -0.39 is 0 Å². The van der Waals surface area contributed by atoms with E-state index in [0.717, 1.165) is 38.3 Å². The minimum Gasteiger partial charge on any atom is -0.357 e. The minimum absolute atomic E-state index is 0.184. The molecule has 0 saturated carbocycles. The summed E-state index contributed by atoms with van der Waals surface area (Å²) in [6, 6.07) is 11.2. The number of hydrogen-bond acceptors (Lipinski definition) is 4. The summed E-state index contributed by atoms with van der Waals surface area (Å²) in [7, 11) is 2.05. The van der Waals surface area contributed by atoms with Gasteiger partial charge >= 0.3 is 0 Å². The third kappa shape index (κ3) is 5.23. The number of benzene rings is 1. The number of likely N-dealkylation sites (N-methyl/N-ethyl adjacent to an activating group) is 1. The van der Waals surface area contributed by atoms with E-state index in [2.05, 4.69) is 34.7 Å². The second-order valence-corrected chi connectivity index (χ2v) is 8.03. The fourth-order valence-electron chi connectivity index (χ4n) is 3.32. The summed E-state index contributed by atoms with van der Waals surface area (Å²) in [5, 5.41) is 5.43. The topological polar surface area (TPSA) is 65.0 Å². The van der Waals surface area contributed by atoms with Gasteiger partial charge in [-0.3, -0.25) is 19.5 Å². The van der Waals surface area contributed by atoms with Gasteiger partial charge in [-0.15, -0.1) is 11.3 Å². The number of nitrogens with one attached hydrogen (secondary N) is 1. The molecule has 0 atom stereocenters. The molecule has 0 radical (unpaired) electrons. The summed E-state index contributed by atoms with van der Waals surface area (Å²) >= 11 is 1.78. The Kier molecular flexibility index (Phi) is 7.41. The number of unbranched alkanes of at least 4 members (excludes halogenated alkanes) is 1. The van der Waals surface area contributed by atoms with Crippen LogP contribution in [-0.2, 0) is 6.42 Å². The molecule has 0 saturated heterocycles. The largest absolute Gasteiger partial charge is 0.357 e. The molecular weight excluding hydrogens is 384 g/mol. The number of guanidine groups is 1. The molecule has 1 aromatic heterocycles. The molecule has 154 valence electrons. The van der Waals surface area contributed by atoms with Crippen LogP contribution in [0.5, 0.6) is 0 Å². The highest BCUT2D eigenvalue weighted by molar-refractivity contribution is 7.09. The summed E-state index contributed by atoms with van der Waals surface area (Å²) in [5.74, 6) is 0.524. The fraction of sp³-hybridized carbons (Fsp3) is 0.409. The van der Waals surface area contributed by atoms with E-state index >= 15 is 0 Å². The van der Waals surface area contributed by atoms with Crippen LogP contribution >= 0.6 is 11.3 Å². The van der Waals surface area contributed by atoms with E-state index in [-0.39, 0.29) is 11.8 Å². The molecule has 2 aromatic rings. The van der Waals surface area contributed by atoms with Crippen LogP contribution in [0.25, 0.3) is 0 Å². The normalized spacial score (nSPS) is 13.7. The van der Waals surface area contributed by atoms with Gasteiger partial charge in [0.25, 0.3) is 11.8 Å². The molecule has 3 rings (SSSR count). The summed E-state index contributed by atoms with van der Waals surface area (Å²) in [5.41, 5.74) is 1.02. The van der Waals surface area contributed by atoms with E-state index in [1.54, 1.807) is 35.6 Å². The van der Waals surface area contributed by atoms with Crippen LogP contribution in [0.3, 0.4) is 0 Å². The van der Waals surface area contributed by atoms with E-state index in [9.17, 15) is 9.59 Å². The van der Waals surface area contributed by atoms with Crippen molar-refractivity contribution < 1.29 is 9.59 Å². The van der Waals surface area contributed by atoms with Crippen LogP contribution in [0, 0.1) is 0 Å². The molecule has 6 nitrogen and oxygen atoms in total. The molecule has 1 aromatic carbocycles. The number of thiophene rings is 1. The third-order valence-corrected chi connectivity index (χ3v) is 5.84. The smallest absolute Gasteiger partial charge is 0.261 e. The molecule has 2 heterocycles. The molecule has 0 spiro atoms. The van der Waals surface area contributed by atoms with Crippen molar-refractivity contribution in [2.24, 2.45) is 4.99 Å². The molecule has 7 heteroatoms. The van der Waals surface area contributed by atoms with E-state index in [1.165, 1.54) is 9.78 Å². The zero-order valence-corrected chi connectivity index (χ0v) is 17.9. The highest BCUT2D eigenvalue weighted by Crippen LogP contribution is 2.22. The molecular formula is C22H28N4O2S. The highest BCUT2D eigenvalue weighted by Gasteiger charge is 2.34. The first-order valence-corrected chi connectivity index (χ1v) is 11.0. The summed E-state index contributed by atoms with van der Waals surface area (Å²) < 4.78 is 0. The zero-order valence-electron chi connectivity index (χ0n) is 17.1. The van der Waals surface area contributed by atoms with Crippen molar-refractivity contribution in [3.05, 3.63) is 57.8 Å². The number of fused-ring (bicyclic) bond motifs is 1. The Balaban J connectivity index is 1.45. The van der Waals surface area contributed by atoms with Crippen molar-refractivity contribution in [1.29, 1.82) is 0 Å². The van der Waals surface area contributed by atoms with Gasteiger partial charge in [-0.1, -0.05) is 18.2 Å². The Morgan fingerprint density at radius 3 is 2.45 bits per heavy atom. The number of aliphatic imine (C=N–C) groups is 1. The maximum atomic E-state index is 12.4. The van der Waals surface area contributed by atoms with Crippen LogP contribution in [0.2, 0.25) is 0 Å². The van der Waals surface area contributed by atoms with Crippen LogP contribution in [-0.4, -0.2) is 60.8 Å². The summed E-state index contributed by atoms with van der Waals surface area (Å²) in [6.45, 7) is 4.88. The summed E-state index contributed by atoms with van der Waals surface area (Å²) in [6.07, 6.45) is 2.56. The van der Waals surface area contributed by atoms with Crippen molar-refractivity contribution in [3.8, 4) is 0 Å². The lowest BCUT2D eigenvalue weighted by molar-refractivity contribution is 0.0652. The molecule has 1 aliphatic heterocycles. The lowest BCUT2D eigenvalue weighted by Gasteiger charge is -2.22. The van der Waals surface area contributed by atoms with Gasteiger partial charge in [0.2, 0.25) is 0 Å². The molecule has 1 aliphatic rings. The lowest BCUT2D eigenvalue weighted by Crippen LogP contribution is -2.40. The van der Waals surface area contributed by atoms with E-state index in [4.69, 9.17) is 4.99 Å². The standard InChI is InChI=1S/C22H28N4O2S/c1-3-23-22(25(2)15-12-17-9-8-16-29-17)24-13-6-7-14-26-20(27)18-10-4-5-11-19(18)21(26)28/h4-5,8-11,16H,3,6-7,12-15H2,1-2H3,(H,23,24). The number of nitrogens with zero attached hydrogens (tertiary/aromatic N) is 3. The van der Waals surface area contributed by atoms with Crippen molar-refractivity contribution >= 4 is 29.1 Å². The first-order valence-electron chi connectivity index (χ1n) is 10.1. The van der Waals surface area contributed by atoms with Gasteiger partial charge < -0.3 is 10.2 Å².